The van der Waals surface area contributed by atoms with Crippen molar-refractivity contribution < 1.29 is 14.6 Å². The summed E-state index contributed by atoms with van der Waals surface area (Å²) in [4.78, 5) is 11.1. The predicted molar refractivity (Wildman–Crippen MR) is 44.4 cm³/mol. The molecule has 8 heteroatoms. The molecule has 0 atom stereocenters. The molecule has 78 valence electrons. The fourth-order valence-corrected chi connectivity index (χ4v) is 0.740. The Labute approximate surface area is 79.6 Å². The lowest BCUT2D eigenvalue weighted by Gasteiger charge is -2.02. The van der Waals surface area contributed by atoms with Crippen LogP contribution in [0.2, 0.25) is 0 Å². The maximum atomic E-state index is 11.1. The SMILES string of the molecule is O=C(NCCOCCO)c1nn[nH]n1. The molecule has 1 rings (SSSR count). The van der Waals surface area contributed by atoms with Crippen LogP contribution in [-0.4, -0.2) is 58.0 Å². The van der Waals surface area contributed by atoms with E-state index < -0.39 is 5.91 Å². The third-order valence-corrected chi connectivity index (χ3v) is 1.32. The highest BCUT2D eigenvalue weighted by Crippen LogP contribution is 1.81. The molecule has 0 radical (unpaired) electrons. The van der Waals surface area contributed by atoms with E-state index in [2.05, 4.69) is 25.9 Å². The Balaban J connectivity index is 2.10. The third-order valence-electron chi connectivity index (χ3n) is 1.32. The van der Waals surface area contributed by atoms with Crippen molar-refractivity contribution in [2.75, 3.05) is 26.4 Å². The Kier molecular flexibility index (Phi) is 4.51. The second-order valence-corrected chi connectivity index (χ2v) is 2.33. The van der Waals surface area contributed by atoms with Crippen molar-refractivity contribution in [3.63, 3.8) is 0 Å². The van der Waals surface area contributed by atoms with Gasteiger partial charge in [-0.15, -0.1) is 10.2 Å². The van der Waals surface area contributed by atoms with Crippen LogP contribution < -0.4 is 5.32 Å². The number of aromatic nitrogens is 4. The molecule has 0 spiro atoms. The maximum Gasteiger partial charge on any atom is 0.292 e. The molecular formula is C6H11N5O3. The molecule has 0 aliphatic carbocycles. The van der Waals surface area contributed by atoms with E-state index in [1.165, 1.54) is 0 Å². The average Bonchev–Trinajstić information content (AvgIpc) is 2.70. The molecule has 0 saturated carbocycles. The first-order valence-electron chi connectivity index (χ1n) is 4.05. The Hall–Kier alpha value is -1.54. The number of carbonyl (C=O) groups is 1. The lowest BCUT2D eigenvalue weighted by Crippen LogP contribution is -2.28. The lowest BCUT2D eigenvalue weighted by atomic mass is 10.5. The van der Waals surface area contributed by atoms with Crippen LogP contribution in [0.1, 0.15) is 10.6 Å². The van der Waals surface area contributed by atoms with Crippen molar-refractivity contribution in [2.24, 2.45) is 0 Å². The van der Waals surface area contributed by atoms with Gasteiger partial charge < -0.3 is 15.2 Å². The van der Waals surface area contributed by atoms with Gasteiger partial charge in [-0.3, -0.25) is 4.79 Å². The summed E-state index contributed by atoms with van der Waals surface area (Å²) in [5.74, 6) is -0.418. The first-order valence-corrected chi connectivity index (χ1v) is 4.05. The standard InChI is InChI=1S/C6H11N5O3/c12-2-4-14-3-1-7-6(13)5-8-10-11-9-5/h12H,1-4H2,(H,7,13)(H,8,9,10,11). The van der Waals surface area contributed by atoms with Gasteiger partial charge in [-0.05, 0) is 5.21 Å². The molecule has 0 bridgehead atoms. The van der Waals surface area contributed by atoms with E-state index in [4.69, 9.17) is 9.84 Å². The van der Waals surface area contributed by atoms with E-state index >= 15 is 0 Å². The molecule has 1 aromatic heterocycles. The van der Waals surface area contributed by atoms with E-state index in [9.17, 15) is 4.79 Å². The Bertz CT molecular complexity index is 262. The molecule has 0 unspecified atom stereocenters. The molecule has 14 heavy (non-hydrogen) atoms. The van der Waals surface area contributed by atoms with Gasteiger partial charge in [-0.25, -0.2) is 0 Å². The molecule has 3 N–H and O–H groups in total. The van der Waals surface area contributed by atoms with Gasteiger partial charge in [-0.2, -0.15) is 5.21 Å². The number of amides is 1. The van der Waals surface area contributed by atoms with Crippen LogP contribution in [0.25, 0.3) is 0 Å². The summed E-state index contributed by atoms with van der Waals surface area (Å²) in [6.45, 7) is 0.911. The maximum absolute atomic E-state index is 11.1. The van der Waals surface area contributed by atoms with Gasteiger partial charge in [0.1, 0.15) is 0 Å². The topological polar surface area (TPSA) is 113 Å². The highest BCUT2D eigenvalue weighted by molar-refractivity contribution is 5.89. The summed E-state index contributed by atoms with van der Waals surface area (Å²) < 4.78 is 4.92. The number of aromatic amines is 1. The molecule has 1 aromatic rings. The molecule has 0 saturated heterocycles. The summed E-state index contributed by atoms with van der Waals surface area (Å²) in [5, 5.41) is 23.3. The Morgan fingerprint density at radius 2 is 2.43 bits per heavy atom. The van der Waals surface area contributed by atoms with Crippen molar-refractivity contribution in [3.8, 4) is 0 Å². The van der Waals surface area contributed by atoms with Gasteiger partial charge >= 0.3 is 0 Å². The zero-order valence-electron chi connectivity index (χ0n) is 7.43. The lowest BCUT2D eigenvalue weighted by molar-refractivity contribution is 0.0832. The normalized spacial score (nSPS) is 10.1. The van der Waals surface area contributed by atoms with Crippen LogP contribution in [0.3, 0.4) is 0 Å². The number of H-pyrrole nitrogens is 1. The number of hydrogen-bond donors (Lipinski definition) is 3. The van der Waals surface area contributed by atoms with Gasteiger partial charge in [0.15, 0.2) is 0 Å². The minimum Gasteiger partial charge on any atom is -0.394 e. The van der Waals surface area contributed by atoms with Gasteiger partial charge in [0, 0.05) is 6.54 Å². The number of tetrazole rings is 1. The van der Waals surface area contributed by atoms with E-state index in [0.717, 1.165) is 0 Å². The van der Waals surface area contributed by atoms with Crippen LogP contribution in [0.15, 0.2) is 0 Å². The van der Waals surface area contributed by atoms with Crippen LogP contribution in [0, 0.1) is 0 Å². The van der Waals surface area contributed by atoms with Crippen LogP contribution in [0.4, 0.5) is 0 Å². The molecule has 0 aliphatic rings. The largest absolute Gasteiger partial charge is 0.394 e. The van der Waals surface area contributed by atoms with E-state index in [0.29, 0.717) is 13.2 Å². The molecule has 0 fully saturated rings. The summed E-state index contributed by atoms with van der Waals surface area (Å²) in [5.41, 5.74) is 0. The zero-order valence-corrected chi connectivity index (χ0v) is 7.43. The number of rotatable bonds is 6. The number of aliphatic hydroxyl groups excluding tert-OH is 1. The summed E-state index contributed by atoms with van der Waals surface area (Å²) in [7, 11) is 0. The monoisotopic (exact) mass is 201 g/mol. The highest BCUT2D eigenvalue weighted by Gasteiger charge is 2.08. The van der Waals surface area contributed by atoms with Crippen molar-refractivity contribution in [1.29, 1.82) is 0 Å². The summed E-state index contributed by atoms with van der Waals surface area (Å²) >= 11 is 0. The average molecular weight is 201 g/mol. The fraction of sp³-hybridized carbons (Fsp3) is 0.667. The Morgan fingerprint density at radius 3 is 3.07 bits per heavy atom. The van der Waals surface area contributed by atoms with Crippen molar-refractivity contribution in [2.45, 2.75) is 0 Å². The molecule has 1 amide bonds. The van der Waals surface area contributed by atoms with Crippen LogP contribution in [-0.2, 0) is 4.74 Å². The number of nitrogens with zero attached hydrogens (tertiary/aromatic N) is 3. The van der Waals surface area contributed by atoms with Crippen molar-refractivity contribution >= 4 is 5.91 Å². The number of nitrogens with one attached hydrogen (secondary N) is 2. The van der Waals surface area contributed by atoms with Crippen LogP contribution >= 0.6 is 0 Å². The van der Waals surface area contributed by atoms with Gasteiger partial charge in [0.2, 0.25) is 0 Å². The third kappa shape index (κ3) is 3.46. The molecule has 0 aromatic carbocycles. The number of hydrogen-bond acceptors (Lipinski definition) is 6. The first-order chi connectivity index (χ1) is 6.84. The summed E-state index contributed by atoms with van der Waals surface area (Å²) in [6.07, 6.45) is 0. The number of carbonyl (C=O) groups excluding carboxylic acids is 1. The number of ether oxygens (including phenoxy) is 1. The minimum absolute atomic E-state index is 0.00726. The quantitative estimate of drug-likeness (QED) is 0.456. The molecule has 0 aliphatic heterocycles. The minimum atomic E-state index is -0.411. The highest BCUT2D eigenvalue weighted by atomic mass is 16.5. The second kappa shape index (κ2) is 6.00. The second-order valence-electron chi connectivity index (χ2n) is 2.33. The van der Waals surface area contributed by atoms with E-state index in [1.54, 1.807) is 0 Å². The molecule has 1 heterocycles. The first kappa shape index (κ1) is 10.5. The van der Waals surface area contributed by atoms with Crippen molar-refractivity contribution in [3.05, 3.63) is 5.82 Å². The fourth-order valence-electron chi connectivity index (χ4n) is 0.740. The Morgan fingerprint density at radius 1 is 1.57 bits per heavy atom. The zero-order chi connectivity index (χ0) is 10.2. The van der Waals surface area contributed by atoms with E-state index in [-0.39, 0.29) is 19.0 Å². The van der Waals surface area contributed by atoms with Gasteiger partial charge in [0.25, 0.3) is 11.7 Å². The summed E-state index contributed by atoms with van der Waals surface area (Å²) in [6, 6.07) is 0. The van der Waals surface area contributed by atoms with Crippen molar-refractivity contribution in [1.82, 2.24) is 25.9 Å². The van der Waals surface area contributed by atoms with Crippen LogP contribution in [0.5, 0.6) is 0 Å². The number of aliphatic hydroxyl groups is 1. The van der Waals surface area contributed by atoms with Gasteiger partial charge in [0.05, 0.1) is 19.8 Å². The van der Waals surface area contributed by atoms with E-state index in [1.807, 2.05) is 0 Å². The molecule has 8 nitrogen and oxygen atoms in total. The molecular weight excluding hydrogens is 190 g/mol. The smallest absolute Gasteiger partial charge is 0.292 e. The predicted octanol–water partition coefficient (Wildman–Crippen LogP) is -2.06. The van der Waals surface area contributed by atoms with Gasteiger partial charge in [-0.1, -0.05) is 0 Å².